The Morgan fingerprint density at radius 3 is 2.67 bits per heavy atom. The second-order valence-electron chi connectivity index (χ2n) is 2.96. The lowest BCUT2D eigenvalue weighted by Gasteiger charge is -2.25. The largest absolute Gasteiger partial charge is 0.379 e. The molecule has 0 aromatic heterocycles. The van der Waals surface area contributed by atoms with Crippen molar-refractivity contribution in [2.24, 2.45) is 5.73 Å². The van der Waals surface area contributed by atoms with Crippen LogP contribution in [-0.4, -0.2) is 44.3 Å². The van der Waals surface area contributed by atoms with Gasteiger partial charge in [-0.3, -0.25) is 4.90 Å². The molecule has 3 nitrogen and oxygen atoms in total. The van der Waals surface area contributed by atoms with Crippen LogP contribution in [0.4, 0.5) is 0 Å². The molecule has 3 heteroatoms. The Balaban J connectivity index is 2.04. The van der Waals surface area contributed by atoms with E-state index in [4.69, 9.17) is 10.5 Å². The summed E-state index contributed by atoms with van der Waals surface area (Å²) < 4.78 is 5.24. The number of nitrogens with two attached hydrogens (primary N) is 1. The Morgan fingerprint density at radius 2 is 2.00 bits per heavy atom. The molecule has 0 unspecified atom stereocenters. The van der Waals surface area contributed by atoms with Crippen LogP contribution in [0, 0.1) is 0 Å². The molecule has 0 spiro atoms. The fraction of sp³-hybridized carbons (Fsp3) is 0.778. The second-order valence-corrected chi connectivity index (χ2v) is 2.96. The Kier molecular flexibility index (Phi) is 4.99. The highest BCUT2D eigenvalue weighted by molar-refractivity contribution is 4.85. The zero-order valence-corrected chi connectivity index (χ0v) is 7.54. The number of rotatable bonds is 4. The van der Waals surface area contributed by atoms with Crippen molar-refractivity contribution < 1.29 is 4.74 Å². The Bertz CT molecular complexity index is 130. The van der Waals surface area contributed by atoms with Gasteiger partial charge in [-0.1, -0.05) is 12.2 Å². The monoisotopic (exact) mass is 170 g/mol. The first-order chi connectivity index (χ1) is 5.93. The topological polar surface area (TPSA) is 38.5 Å². The molecule has 1 heterocycles. The molecular weight excluding hydrogens is 152 g/mol. The van der Waals surface area contributed by atoms with Gasteiger partial charge in [0.2, 0.25) is 0 Å². The summed E-state index contributed by atoms with van der Waals surface area (Å²) in [4.78, 5) is 2.39. The molecule has 1 saturated heterocycles. The summed E-state index contributed by atoms with van der Waals surface area (Å²) >= 11 is 0. The molecule has 2 N–H and O–H groups in total. The Morgan fingerprint density at radius 1 is 1.25 bits per heavy atom. The zero-order valence-electron chi connectivity index (χ0n) is 7.54. The molecule has 70 valence electrons. The zero-order chi connectivity index (χ0) is 8.65. The third-order valence-electron chi connectivity index (χ3n) is 1.97. The molecule has 0 aromatic rings. The van der Waals surface area contributed by atoms with Gasteiger partial charge in [-0.25, -0.2) is 0 Å². The lowest BCUT2D eigenvalue weighted by molar-refractivity contribution is 0.0434. The van der Waals surface area contributed by atoms with Crippen LogP contribution >= 0.6 is 0 Å². The van der Waals surface area contributed by atoms with Crippen molar-refractivity contribution >= 4 is 0 Å². The molecule has 0 saturated carbocycles. The summed E-state index contributed by atoms with van der Waals surface area (Å²) in [6.07, 6.45) is 5.33. The van der Waals surface area contributed by atoms with E-state index in [1.165, 1.54) is 0 Å². The van der Waals surface area contributed by atoms with Crippen LogP contribution in [0.5, 0.6) is 0 Å². The average molecular weight is 170 g/mol. The summed E-state index contributed by atoms with van der Waals surface area (Å²) in [5, 5.41) is 0. The van der Waals surface area contributed by atoms with Crippen LogP contribution in [0.15, 0.2) is 12.2 Å². The molecule has 0 amide bonds. The molecule has 1 fully saturated rings. The fourth-order valence-corrected chi connectivity index (χ4v) is 1.22. The normalized spacial score (nSPS) is 20.4. The van der Waals surface area contributed by atoms with E-state index in [0.717, 1.165) is 45.8 Å². The van der Waals surface area contributed by atoms with Crippen LogP contribution in [0.2, 0.25) is 0 Å². The smallest absolute Gasteiger partial charge is 0.0594 e. The lowest BCUT2D eigenvalue weighted by atomic mass is 10.3. The van der Waals surface area contributed by atoms with Gasteiger partial charge in [0, 0.05) is 19.6 Å². The first-order valence-corrected chi connectivity index (χ1v) is 4.58. The van der Waals surface area contributed by atoms with Crippen LogP contribution in [0.1, 0.15) is 6.42 Å². The maximum absolute atomic E-state index is 5.36. The summed E-state index contributed by atoms with van der Waals surface area (Å²) in [6.45, 7) is 5.68. The molecule has 0 bridgehead atoms. The fourth-order valence-electron chi connectivity index (χ4n) is 1.22. The molecule has 0 radical (unpaired) electrons. The van der Waals surface area contributed by atoms with Crippen LogP contribution in [0.3, 0.4) is 0 Å². The number of morpholine rings is 1. The van der Waals surface area contributed by atoms with Crippen molar-refractivity contribution in [2.45, 2.75) is 6.42 Å². The number of hydrogen-bond donors (Lipinski definition) is 1. The molecule has 0 aliphatic carbocycles. The van der Waals surface area contributed by atoms with Crippen molar-refractivity contribution in [1.82, 2.24) is 4.90 Å². The maximum Gasteiger partial charge on any atom is 0.0594 e. The third-order valence-corrected chi connectivity index (χ3v) is 1.97. The molecule has 0 atom stereocenters. The maximum atomic E-state index is 5.36. The van der Waals surface area contributed by atoms with E-state index in [1.54, 1.807) is 0 Å². The highest BCUT2D eigenvalue weighted by Crippen LogP contribution is 1.96. The average Bonchev–Trinajstić information content (AvgIpc) is 2.14. The minimum absolute atomic E-state index is 0.750. The van der Waals surface area contributed by atoms with Gasteiger partial charge in [-0.2, -0.15) is 0 Å². The van der Waals surface area contributed by atoms with E-state index in [-0.39, 0.29) is 0 Å². The predicted octanol–water partition coefficient (Wildman–Crippen LogP) is 0.224. The van der Waals surface area contributed by atoms with Gasteiger partial charge in [-0.15, -0.1) is 0 Å². The molecular formula is C9H18N2O. The second kappa shape index (κ2) is 6.17. The van der Waals surface area contributed by atoms with Gasteiger partial charge >= 0.3 is 0 Å². The number of nitrogens with zero attached hydrogens (tertiary/aromatic N) is 1. The minimum Gasteiger partial charge on any atom is -0.379 e. The van der Waals surface area contributed by atoms with E-state index in [0.29, 0.717) is 0 Å². The number of hydrogen-bond acceptors (Lipinski definition) is 3. The first kappa shape index (κ1) is 9.71. The lowest BCUT2D eigenvalue weighted by Crippen LogP contribution is -2.36. The van der Waals surface area contributed by atoms with E-state index in [1.807, 2.05) is 0 Å². The third kappa shape index (κ3) is 3.85. The van der Waals surface area contributed by atoms with Gasteiger partial charge in [0.15, 0.2) is 0 Å². The first-order valence-electron chi connectivity index (χ1n) is 4.58. The van der Waals surface area contributed by atoms with Crippen molar-refractivity contribution in [3.63, 3.8) is 0 Å². The highest BCUT2D eigenvalue weighted by atomic mass is 16.5. The molecule has 1 aliphatic heterocycles. The molecule has 12 heavy (non-hydrogen) atoms. The molecule has 1 aliphatic rings. The SMILES string of the molecule is NCC/C=C\CN1CCOCC1. The standard InChI is InChI=1S/C9H18N2O/c10-4-2-1-3-5-11-6-8-12-9-7-11/h1,3H,2,4-10H2/b3-1-. The summed E-state index contributed by atoms with van der Waals surface area (Å²) in [7, 11) is 0. The van der Waals surface area contributed by atoms with E-state index >= 15 is 0 Å². The van der Waals surface area contributed by atoms with E-state index in [9.17, 15) is 0 Å². The minimum atomic E-state index is 0.750. The van der Waals surface area contributed by atoms with Gasteiger partial charge in [0.1, 0.15) is 0 Å². The van der Waals surface area contributed by atoms with Crippen molar-refractivity contribution in [1.29, 1.82) is 0 Å². The molecule has 0 aromatic carbocycles. The van der Waals surface area contributed by atoms with Crippen LogP contribution in [0.25, 0.3) is 0 Å². The summed E-state index contributed by atoms with van der Waals surface area (Å²) in [5.74, 6) is 0. The van der Waals surface area contributed by atoms with Gasteiger partial charge < -0.3 is 10.5 Å². The van der Waals surface area contributed by atoms with E-state index in [2.05, 4.69) is 17.1 Å². The van der Waals surface area contributed by atoms with Crippen molar-refractivity contribution in [2.75, 3.05) is 39.4 Å². The van der Waals surface area contributed by atoms with Crippen LogP contribution in [-0.2, 0) is 4.74 Å². The Hall–Kier alpha value is -0.380. The summed E-state index contributed by atoms with van der Waals surface area (Å²) in [5.41, 5.74) is 5.36. The Labute approximate surface area is 74.2 Å². The van der Waals surface area contributed by atoms with Gasteiger partial charge in [0.25, 0.3) is 0 Å². The van der Waals surface area contributed by atoms with Gasteiger partial charge in [-0.05, 0) is 13.0 Å². The van der Waals surface area contributed by atoms with Crippen molar-refractivity contribution in [3.8, 4) is 0 Å². The number of ether oxygens (including phenoxy) is 1. The van der Waals surface area contributed by atoms with Crippen LogP contribution < -0.4 is 5.73 Å². The van der Waals surface area contributed by atoms with Crippen molar-refractivity contribution in [3.05, 3.63) is 12.2 Å². The quantitative estimate of drug-likeness (QED) is 0.614. The molecule has 1 rings (SSSR count). The summed E-state index contributed by atoms with van der Waals surface area (Å²) in [6, 6.07) is 0. The predicted molar refractivity (Wildman–Crippen MR) is 50.1 cm³/mol. The highest BCUT2D eigenvalue weighted by Gasteiger charge is 2.06. The van der Waals surface area contributed by atoms with Gasteiger partial charge in [0.05, 0.1) is 13.2 Å². The van der Waals surface area contributed by atoms with E-state index < -0.39 is 0 Å².